The summed E-state index contributed by atoms with van der Waals surface area (Å²) in [7, 11) is 0. The molecule has 0 aliphatic heterocycles. The molecular weight excluding hydrogens is 280 g/mol. The van der Waals surface area contributed by atoms with Gasteiger partial charge in [0.1, 0.15) is 0 Å². The molecule has 0 saturated carbocycles. The number of fused-ring (bicyclic) bond motifs is 1. The van der Waals surface area contributed by atoms with E-state index in [1.807, 2.05) is 11.3 Å². The molecule has 0 radical (unpaired) electrons. The van der Waals surface area contributed by atoms with Crippen molar-refractivity contribution in [3.8, 4) is 0 Å². The number of hydrogen-bond acceptors (Lipinski definition) is 1. The summed E-state index contributed by atoms with van der Waals surface area (Å²) in [5.41, 5.74) is 1.52. The lowest BCUT2D eigenvalue weighted by Gasteiger charge is -2.12. The molecule has 0 bridgehead atoms. The maximum atomic E-state index is 3.63. The van der Waals surface area contributed by atoms with Gasteiger partial charge in [-0.2, -0.15) is 0 Å². The van der Waals surface area contributed by atoms with Gasteiger partial charge in [0.2, 0.25) is 0 Å². The highest BCUT2D eigenvalue weighted by Gasteiger charge is 2.10. The monoisotopic (exact) mass is 296 g/mol. The van der Waals surface area contributed by atoms with Gasteiger partial charge in [-0.05, 0) is 41.2 Å². The second-order valence-electron chi connectivity index (χ2n) is 4.58. The molecule has 16 heavy (non-hydrogen) atoms. The van der Waals surface area contributed by atoms with Crippen LogP contribution in [0.3, 0.4) is 0 Å². The zero-order valence-corrected chi connectivity index (χ0v) is 12.1. The first kappa shape index (κ1) is 12.1. The van der Waals surface area contributed by atoms with Crippen molar-refractivity contribution in [1.82, 2.24) is 0 Å². The molecule has 86 valence electrons. The lowest BCUT2D eigenvalue weighted by Crippen LogP contribution is -2.04. The van der Waals surface area contributed by atoms with Crippen LogP contribution in [0.25, 0.3) is 10.1 Å². The summed E-state index contributed by atoms with van der Waals surface area (Å²) in [5, 5.41) is 3.77. The minimum absolute atomic E-state index is 0.618. The molecule has 0 nitrogen and oxygen atoms in total. The highest BCUT2D eigenvalue weighted by atomic mass is 79.9. The van der Waals surface area contributed by atoms with Gasteiger partial charge in [0.05, 0.1) is 0 Å². The Morgan fingerprint density at radius 2 is 2.00 bits per heavy atom. The predicted molar refractivity (Wildman–Crippen MR) is 77.7 cm³/mol. The Morgan fingerprint density at radius 3 is 2.75 bits per heavy atom. The molecule has 1 aromatic carbocycles. The summed E-state index contributed by atoms with van der Waals surface area (Å²) < 4.78 is 1.41. The van der Waals surface area contributed by atoms with Crippen LogP contribution in [0.1, 0.15) is 25.8 Å². The van der Waals surface area contributed by atoms with Gasteiger partial charge in [0.25, 0.3) is 0 Å². The average Bonchev–Trinajstić information content (AvgIpc) is 2.61. The van der Waals surface area contributed by atoms with Crippen LogP contribution in [0, 0.1) is 5.92 Å². The topological polar surface area (TPSA) is 0 Å². The van der Waals surface area contributed by atoms with E-state index < -0.39 is 0 Å². The first-order valence-corrected chi connectivity index (χ1v) is 7.55. The van der Waals surface area contributed by atoms with Crippen LogP contribution < -0.4 is 0 Å². The number of hydrogen-bond donors (Lipinski definition) is 0. The van der Waals surface area contributed by atoms with Crippen molar-refractivity contribution in [2.24, 2.45) is 5.92 Å². The molecule has 0 aliphatic carbocycles. The predicted octanol–water partition coefficient (Wildman–Crippen LogP) is 5.25. The summed E-state index contributed by atoms with van der Waals surface area (Å²) in [5.74, 6) is 0.743. The Hall–Kier alpha value is -0.340. The fourth-order valence-electron chi connectivity index (χ4n) is 2.20. The molecule has 1 aromatic heterocycles. The van der Waals surface area contributed by atoms with E-state index in [2.05, 4.69) is 59.4 Å². The van der Waals surface area contributed by atoms with Gasteiger partial charge in [-0.1, -0.05) is 48.0 Å². The molecule has 1 heterocycles. The van der Waals surface area contributed by atoms with Crippen LogP contribution >= 0.6 is 27.3 Å². The standard InChI is InChI=1S/C14H17BrS/c1-10(7-11(2)15)8-12-9-16-14-6-4-3-5-13(12)14/h3-6,9-11H,7-8H2,1-2H3. The zero-order chi connectivity index (χ0) is 11.5. The molecule has 2 aromatic rings. The first-order valence-electron chi connectivity index (χ1n) is 5.76. The summed E-state index contributed by atoms with van der Waals surface area (Å²) in [4.78, 5) is 0.618. The fourth-order valence-corrected chi connectivity index (χ4v) is 3.82. The maximum absolute atomic E-state index is 3.63. The Morgan fingerprint density at radius 1 is 1.25 bits per heavy atom. The second kappa shape index (κ2) is 5.33. The molecular formula is C14H17BrS. The average molecular weight is 297 g/mol. The van der Waals surface area contributed by atoms with Gasteiger partial charge in [-0.25, -0.2) is 0 Å². The molecule has 0 aliphatic rings. The highest BCUT2D eigenvalue weighted by Crippen LogP contribution is 2.28. The number of halogens is 1. The molecule has 2 atom stereocenters. The Kier molecular flexibility index (Phi) is 4.04. The number of alkyl halides is 1. The van der Waals surface area contributed by atoms with Gasteiger partial charge in [0.15, 0.2) is 0 Å². The van der Waals surface area contributed by atoms with Crippen molar-refractivity contribution in [2.75, 3.05) is 0 Å². The molecule has 2 rings (SSSR count). The second-order valence-corrected chi connectivity index (χ2v) is 7.06. The van der Waals surface area contributed by atoms with Gasteiger partial charge in [-0.15, -0.1) is 11.3 Å². The van der Waals surface area contributed by atoms with E-state index in [4.69, 9.17) is 0 Å². The van der Waals surface area contributed by atoms with E-state index in [-0.39, 0.29) is 0 Å². The minimum atomic E-state index is 0.618. The number of benzene rings is 1. The SMILES string of the molecule is CC(Br)CC(C)Cc1csc2ccccc12. The quantitative estimate of drug-likeness (QED) is 0.676. The van der Waals surface area contributed by atoms with Crippen LogP contribution in [0.15, 0.2) is 29.6 Å². The van der Waals surface area contributed by atoms with E-state index >= 15 is 0 Å². The van der Waals surface area contributed by atoms with E-state index in [1.165, 1.54) is 28.5 Å². The largest absolute Gasteiger partial charge is 0.144 e. The summed E-state index contributed by atoms with van der Waals surface area (Å²) in [6, 6.07) is 8.70. The van der Waals surface area contributed by atoms with Crippen LogP contribution in [0.2, 0.25) is 0 Å². The first-order chi connectivity index (χ1) is 7.66. The van der Waals surface area contributed by atoms with Crippen molar-refractivity contribution in [1.29, 1.82) is 0 Å². The minimum Gasteiger partial charge on any atom is -0.144 e. The number of thiophene rings is 1. The van der Waals surface area contributed by atoms with Crippen LogP contribution in [-0.4, -0.2) is 4.83 Å². The summed E-state index contributed by atoms with van der Waals surface area (Å²) in [6.07, 6.45) is 2.43. The van der Waals surface area contributed by atoms with Crippen LogP contribution in [-0.2, 0) is 6.42 Å². The van der Waals surface area contributed by atoms with E-state index in [9.17, 15) is 0 Å². The molecule has 2 unspecified atom stereocenters. The third-order valence-electron chi connectivity index (χ3n) is 2.86. The van der Waals surface area contributed by atoms with Crippen LogP contribution in [0.4, 0.5) is 0 Å². The molecule has 0 saturated heterocycles. The molecule has 2 heteroatoms. The van der Waals surface area contributed by atoms with Gasteiger partial charge >= 0.3 is 0 Å². The van der Waals surface area contributed by atoms with E-state index in [0.717, 1.165) is 5.92 Å². The van der Waals surface area contributed by atoms with Gasteiger partial charge in [-0.3, -0.25) is 0 Å². The summed E-state index contributed by atoms with van der Waals surface area (Å²) >= 11 is 5.49. The summed E-state index contributed by atoms with van der Waals surface area (Å²) in [6.45, 7) is 4.56. The third-order valence-corrected chi connectivity index (χ3v) is 4.24. The van der Waals surface area contributed by atoms with Crippen molar-refractivity contribution in [2.45, 2.75) is 31.5 Å². The molecule has 0 amide bonds. The van der Waals surface area contributed by atoms with Gasteiger partial charge in [0, 0.05) is 9.53 Å². The van der Waals surface area contributed by atoms with Gasteiger partial charge < -0.3 is 0 Å². The smallest absolute Gasteiger partial charge is 0.0345 e. The Balaban J connectivity index is 2.15. The van der Waals surface area contributed by atoms with Crippen molar-refractivity contribution in [3.63, 3.8) is 0 Å². The van der Waals surface area contributed by atoms with Crippen molar-refractivity contribution >= 4 is 37.4 Å². The van der Waals surface area contributed by atoms with E-state index in [0.29, 0.717) is 4.83 Å². The highest BCUT2D eigenvalue weighted by molar-refractivity contribution is 9.09. The third kappa shape index (κ3) is 2.86. The lowest BCUT2D eigenvalue weighted by atomic mass is 9.97. The van der Waals surface area contributed by atoms with Crippen molar-refractivity contribution < 1.29 is 0 Å². The normalized spacial score (nSPS) is 15.2. The van der Waals surface area contributed by atoms with E-state index in [1.54, 1.807) is 0 Å². The number of rotatable bonds is 4. The van der Waals surface area contributed by atoms with Crippen molar-refractivity contribution in [3.05, 3.63) is 35.2 Å². The molecule has 0 N–H and O–H groups in total. The zero-order valence-electron chi connectivity index (χ0n) is 9.74. The maximum Gasteiger partial charge on any atom is 0.0345 e. The van der Waals surface area contributed by atoms with Crippen LogP contribution in [0.5, 0.6) is 0 Å². The Labute approximate surface area is 110 Å². The lowest BCUT2D eigenvalue weighted by molar-refractivity contribution is 0.535. The fraction of sp³-hybridized carbons (Fsp3) is 0.429. The molecule has 0 spiro atoms. The molecule has 0 fully saturated rings. The Bertz CT molecular complexity index is 458.